The van der Waals surface area contributed by atoms with Gasteiger partial charge in [0.1, 0.15) is 46.1 Å². The topological polar surface area (TPSA) is 136 Å². The van der Waals surface area contributed by atoms with Crippen LogP contribution in [-0.4, -0.2) is 87.7 Å². The molecule has 3 atom stereocenters. The van der Waals surface area contributed by atoms with Gasteiger partial charge < -0.3 is 33.5 Å². The van der Waals surface area contributed by atoms with Gasteiger partial charge in [-0.3, -0.25) is 0 Å². The second kappa shape index (κ2) is 12.3. The Labute approximate surface area is 283 Å². The average Bonchev–Trinajstić information content (AvgIpc) is 3.69. The lowest BCUT2D eigenvalue weighted by atomic mass is 9.90. The van der Waals surface area contributed by atoms with Crippen LogP contribution in [0.25, 0.3) is 22.1 Å². The van der Waals surface area contributed by atoms with Gasteiger partial charge in [-0.25, -0.2) is 24.7 Å². The zero-order valence-electron chi connectivity index (χ0n) is 27.5. The lowest BCUT2D eigenvalue weighted by molar-refractivity contribution is -0.228. The summed E-state index contributed by atoms with van der Waals surface area (Å²) in [4.78, 5) is 35.6. The summed E-state index contributed by atoms with van der Waals surface area (Å²) in [7, 11) is 0. The van der Waals surface area contributed by atoms with E-state index in [1.165, 1.54) is 0 Å². The van der Waals surface area contributed by atoms with E-state index >= 15 is 0 Å². The first kappa shape index (κ1) is 31.0. The number of carbonyl (C=O) groups is 1. The Hall–Kier alpha value is -5.25. The van der Waals surface area contributed by atoms with Crippen molar-refractivity contribution in [3.05, 3.63) is 78.0 Å². The summed E-state index contributed by atoms with van der Waals surface area (Å²) in [5.41, 5.74) is 3.51. The van der Waals surface area contributed by atoms with Gasteiger partial charge in [0.2, 0.25) is 5.88 Å². The van der Waals surface area contributed by atoms with Crippen LogP contribution >= 0.6 is 0 Å². The SMILES string of the molecule is CC(C)c1nc(N2C[C@@H](Oc3ncc(C#Cc4ccccn4)cc3N3CCOC4(COC4)[C@@H]3C)C[C@H]2C(=O)O)c2oc3ccccc3c2n1. The smallest absolute Gasteiger partial charge is 0.326 e. The molecule has 1 spiro atoms. The van der Waals surface area contributed by atoms with Crippen LogP contribution in [0.4, 0.5) is 11.5 Å². The van der Waals surface area contributed by atoms with Crippen LogP contribution in [0.15, 0.2) is 65.3 Å². The van der Waals surface area contributed by atoms with Gasteiger partial charge in [0.05, 0.1) is 32.4 Å². The summed E-state index contributed by atoms with van der Waals surface area (Å²) >= 11 is 0. The van der Waals surface area contributed by atoms with Gasteiger partial charge in [-0.05, 0) is 43.2 Å². The Morgan fingerprint density at radius 3 is 2.67 bits per heavy atom. The van der Waals surface area contributed by atoms with E-state index in [0.29, 0.717) is 71.8 Å². The summed E-state index contributed by atoms with van der Waals surface area (Å²) in [5.74, 6) is 6.82. The third-order valence-corrected chi connectivity index (χ3v) is 9.62. The molecule has 0 saturated carbocycles. The molecule has 4 aromatic heterocycles. The van der Waals surface area contributed by atoms with Crippen LogP contribution in [0.3, 0.4) is 0 Å². The molecule has 3 fully saturated rings. The molecule has 0 unspecified atom stereocenters. The van der Waals surface area contributed by atoms with Crippen LogP contribution in [0.5, 0.6) is 5.88 Å². The number of benzene rings is 1. The molecule has 3 saturated heterocycles. The number of anilines is 2. The van der Waals surface area contributed by atoms with E-state index in [-0.39, 0.29) is 24.9 Å². The number of aliphatic carboxylic acids is 1. The summed E-state index contributed by atoms with van der Waals surface area (Å²) in [6.07, 6.45) is 3.10. The van der Waals surface area contributed by atoms with E-state index < -0.39 is 23.7 Å². The minimum absolute atomic E-state index is 0.0145. The normalized spacial score (nSPS) is 21.6. The van der Waals surface area contributed by atoms with Crippen molar-refractivity contribution in [1.29, 1.82) is 0 Å². The third-order valence-electron chi connectivity index (χ3n) is 9.62. The zero-order chi connectivity index (χ0) is 33.7. The highest BCUT2D eigenvalue weighted by Crippen LogP contribution is 2.41. The minimum atomic E-state index is -0.970. The van der Waals surface area contributed by atoms with Crippen molar-refractivity contribution in [3.8, 4) is 17.7 Å². The number of ether oxygens (including phenoxy) is 3. The number of carboxylic acid groups (broad SMARTS) is 1. The molecule has 0 radical (unpaired) electrons. The Morgan fingerprint density at radius 2 is 1.92 bits per heavy atom. The quantitative estimate of drug-likeness (QED) is 0.251. The molecule has 49 heavy (non-hydrogen) atoms. The van der Waals surface area contributed by atoms with Crippen molar-refractivity contribution in [2.24, 2.45) is 0 Å². The largest absolute Gasteiger partial charge is 0.480 e. The van der Waals surface area contributed by atoms with Gasteiger partial charge in [-0.1, -0.05) is 38.0 Å². The van der Waals surface area contributed by atoms with Crippen molar-refractivity contribution in [2.75, 3.05) is 42.7 Å². The van der Waals surface area contributed by atoms with E-state index in [1.807, 2.05) is 62.4 Å². The molecule has 0 bridgehead atoms. The molecule has 250 valence electrons. The standard InChI is InChI=1S/C37H36N6O6/c1-22(2)33-40-31-27-9-4-5-10-30(27)49-32(31)34(41-33)43-19-26(17-29(43)36(44)45)48-35-28(42-14-15-47-37(23(42)3)20-46-21-37)16-24(18-39-35)11-12-25-8-6-7-13-38-25/h4-10,13,16,18,22-23,26,29H,14-15,17,19-21H2,1-3H3,(H,44,45)/t23-,26-,29-/m0/s1. The van der Waals surface area contributed by atoms with E-state index in [2.05, 4.69) is 28.6 Å². The molecular weight excluding hydrogens is 624 g/mol. The molecule has 8 rings (SSSR count). The van der Waals surface area contributed by atoms with E-state index in [4.69, 9.17) is 33.6 Å². The second-order valence-electron chi connectivity index (χ2n) is 13.1. The Balaban J connectivity index is 1.16. The van der Waals surface area contributed by atoms with Gasteiger partial charge in [0.15, 0.2) is 11.4 Å². The molecule has 1 N–H and O–H groups in total. The minimum Gasteiger partial charge on any atom is -0.480 e. The molecule has 12 heteroatoms. The lowest BCUT2D eigenvalue weighted by Gasteiger charge is -2.53. The third kappa shape index (κ3) is 5.58. The number of fused-ring (bicyclic) bond motifs is 3. The van der Waals surface area contributed by atoms with Crippen molar-refractivity contribution in [1.82, 2.24) is 19.9 Å². The number of pyridine rings is 2. The predicted molar refractivity (Wildman–Crippen MR) is 182 cm³/mol. The maximum Gasteiger partial charge on any atom is 0.326 e. The number of hydrogen-bond acceptors (Lipinski definition) is 11. The first-order chi connectivity index (χ1) is 23.8. The number of para-hydroxylation sites is 1. The summed E-state index contributed by atoms with van der Waals surface area (Å²) in [6, 6.07) is 14.3. The average molecular weight is 661 g/mol. The monoisotopic (exact) mass is 660 g/mol. The molecule has 7 heterocycles. The second-order valence-corrected chi connectivity index (χ2v) is 13.1. The molecule has 5 aromatic rings. The maximum absolute atomic E-state index is 12.8. The lowest BCUT2D eigenvalue weighted by Crippen LogP contribution is -2.68. The first-order valence-electron chi connectivity index (χ1n) is 16.6. The number of carboxylic acids is 1. The van der Waals surface area contributed by atoms with E-state index in [0.717, 1.165) is 11.1 Å². The molecule has 12 nitrogen and oxygen atoms in total. The number of furan rings is 1. The van der Waals surface area contributed by atoms with E-state index in [9.17, 15) is 9.90 Å². The van der Waals surface area contributed by atoms with Gasteiger partial charge in [-0.15, -0.1) is 0 Å². The van der Waals surface area contributed by atoms with Gasteiger partial charge >= 0.3 is 5.97 Å². The first-order valence-corrected chi connectivity index (χ1v) is 16.6. The van der Waals surface area contributed by atoms with Crippen LogP contribution in [0.2, 0.25) is 0 Å². The summed E-state index contributed by atoms with van der Waals surface area (Å²) < 4.78 is 24.7. The van der Waals surface area contributed by atoms with Crippen molar-refractivity contribution < 1.29 is 28.5 Å². The van der Waals surface area contributed by atoms with Crippen molar-refractivity contribution in [3.63, 3.8) is 0 Å². The highest BCUT2D eigenvalue weighted by atomic mass is 16.6. The Bertz CT molecular complexity index is 2100. The van der Waals surface area contributed by atoms with Crippen LogP contribution < -0.4 is 14.5 Å². The molecule has 1 aromatic carbocycles. The van der Waals surface area contributed by atoms with E-state index in [1.54, 1.807) is 17.3 Å². The fraction of sp³-hybridized carbons (Fsp3) is 0.378. The zero-order valence-corrected chi connectivity index (χ0v) is 27.5. The van der Waals surface area contributed by atoms with Crippen LogP contribution in [-0.2, 0) is 14.3 Å². The molecule has 0 aliphatic carbocycles. The summed E-state index contributed by atoms with van der Waals surface area (Å²) in [5, 5.41) is 11.3. The fourth-order valence-corrected chi connectivity index (χ4v) is 6.84. The number of nitrogens with zero attached hydrogens (tertiary/aromatic N) is 6. The van der Waals surface area contributed by atoms with Crippen LogP contribution in [0, 0.1) is 11.8 Å². The highest BCUT2D eigenvalue weighted by molar-refractivity contribution is 6.06. The fourth-order valence-electron chi connectivity index (χ4n) is 6.84. The molecular formula is C37H36N6O6. The Morgan fingerprint density at radius 1 is 1.08 bits per heavy atom. The van der Waals surface area contributed by atoms with Crippen molar-refractivity contribution >= 4 is 39.5 Å². The molecule has 3 aliphatic heterocycles. The van der Waals surface area contributed by atoms with Gasteiger partial charge in [0.25, 0.3) is 0 Å². The number of rotatable bonds is 6. The number of morpholine rings is 1. The highest BCUT2D eigenvalue weighted by Gasteiger charge is 2.50. The van der Waals surface area contributed by atoms with Crippen LogP contribution in [0.1, 0.15) is 50.2 Å². The molecule has 3 aliphatic rings. The summed E-state index contributed by atoms with van der Waals surface area (Å²) in [6.45, 7) is 8.58. The van der Waals surface area contributed by atoms with Crippen molar-refractivity contribution in [2.45, 2.75) is 56.9 Å². The molecule has 0 amide bonds. The van der Waals surface area contributed by atoms with Gasteiger partial charge in [-0.2, -0.15) is 0 Å². The van der Waals surface area contributed by atoms with Gasteiger partial charge in [0, 0.05) is 42.2 Å². The maximum atomic E-state index is 12.8. The number of hydrogen-bond donors (Lipinski definition) is 1. The Kier molecular flexibility index (Phi) is 7.81. The predicted octanol–water partition coefficient (Wildman–Crippen LogP) is 4.79. The number of aromatic nitrogens is 4.